The van der Waals surface area contributed by atoms with E-state index in [0.717, 1.165) is 58.5 Å². The van der Waals surface area contributed by atoms with E-state index in [1.54, 1.807) is 6.20 Å². The van der Waals surface area contributed by atoms with Crippen LogP contribution in [-0.4, -0.2) is 56.5 Å². The number of rotatable bonds is 7. The lowest BCUT2D eigenvalue weighted by molar-refractivity contribution is 0.238. The van der Waals surface area contributed by atoms with E-state index in [1.165, 1.54) is 25.9 Å². The zero-order valence-electron chi connectivity index (χ0n) is 18.2. The van der Waals surface area contributed by atoms with E-state index in [9.17, 15) is 0 Å². The van der Waals surface area contributed by atoms with Crippen LogP contribution in [0.4, 0.5) is 0 Å². The van der Waals surface area contributed by atoms with Gasteiger partial charge in [-0.2, -0.15) is 0 Å². The van der Waals surface area contributed by atoms with Crippen LogP contribution in [0, 0.1) is 6.92 Å². The molecule has 5 rings (SSSR count). The number of H-pyrrole nitrogens is 1. The van der Waals surface area contributed by atoms with E-state index < -0.39 is 0 Å². The minimum absolute atomic E-state index is 0.718. The van der Waals surface area contributed by atoms with E-state index in [2.05, 4.69) is 30.3 Å². The van der Waals surface area contributed by atoms with Gasteiger partial charge in [0, 0.05) is 29.6 Å². The SMILES string of the molecule is Cc1cccc(-c2nn[nH]c2-c2ccnc(-c3ccc(OCCN4CCCC4)cc3)c2)n1. The third-order valence-corrected chi connectivity index (χ3v) is 5.75. The predicted molar refractivity (Wildman–Crippen MR) is 124 cm³/mol. The van der Waals surface area contributed by atoms with E-state index in [1.807, 2.05) is 61.5 Å². The third-order valence-electron chi connectivity index (χ3n) is 5.75. The van der Waals surface area contributed by atoms with Crippen molar-refractivity contribution >= 4 is 0 Å². The third kappa shape index (κ3) is 4.53. The lowest BCUT2D eigenvalue weighted by atomic mass is 10.1. The molecule has 0 saturated carbocycles. The lowest BCUT2D eigenvalue weighted by Gasteiger charge is -2.15. The summed E-state index contributed by atoms with van der Waals surface area (Å²) in [7, 11) is 0. The molecule has 7 heteroatoms. The molecule has 162 valence electrons. The average Bonchev–Trinajstić information content (AvgIpc) is 3.52. The first-order chi connectivity index (χ1) is 15.8. The Morgan fingerprint density at radius 2 is 1.81 bits per heavy atom. The zero-order valence-corrected chi connectivity index (χ0v) is 18.2. The summed E-state index contributed by atoms with van der Waals surface area (Å²) in [5.41, 5.74) is 6.16. The molecule has 0 aliphatic carbocycles. The maximum Gasteiger partial charge on any atom is 0.139 e. The molecule has 0 bridgehead atoms. The van der Waals surface area contributed by atoms with Crippen LogP contribution < -0.4 is 4.74 Å². The van der Waals surface area contributed by atoms with E-state index in [4.69, 9.17) is 4.74 Å². The number of aromatic amines is 1. The van der Waals surface area contributed by atoms with Crippen molar-refractivity contribution in [3.8, 4) is 39.7 Å². The van der Waals surface area contributed by atoms with Crippen LogP contribution in [0.15, 0.2) is 60.8 Å². The summed E-state index contributed by atoms with van der Waals surface area (Å²) in [4.78, 5) is 11.6. The monoisotopic (exact) mass is 426 g/mol. The Kier molecular flexibility index (Phi) is 5.89. The summed E-state index contributed by atoms with van der Waals surface area (Å²) in [5, 5.41) is 11.3. The van der Waals surface area contributed by atoms with Crippen molar-refractivity contribution in [1.29, 1.82) is 0 Å². The Hall–Kier alpha value is -3.58. The van der Waals surface area contributed by atoms with Crippen molar-refractivity contribution in [1.82, 2.24) is 30.3 Å². The van der Waals surface area contributed by atoms with E-state index >= 15 is 0 Å². The second-order valence-electron chi connectivity index (χ2n) is 8.05. The maximum absolute atomic E-state index is 5.93. The van der Waals surface area contributed by atoms with Gasteiger partial charge in [-0.3, -0.25) is 20.0 Å². The number of pyridine rings is 2. The normalized spacial score (nSPS) is 14.0. The molecule has 1 aliphatic heterocycles. The van der Waals surface area contributed by atoms with Crippen LogP contribution in [0.1, 0.15) is 18.5 Å². The Morgan fingerprint density at radius 3 is 2.62 bits per heavy atom. The fourth-order valence-electron chi connectivity index (χ4n) is 4.05. The summed E-state index contributed by atoms with van der Waals surface area (Å²) in [6.07, 6.45) is 4.41. The molecule has 4 aromatic rings. The van der Waals surface area contributed by atoms with Gasteiger partial charge in [-0.05, 0) is 81.4 Å². The highest BCUT2D eigenvalue weighted by Gasteiger charge is 2.14. The van der Waals surface area contributed by atoms with E-state index in [-0.39, 0.29) is 0 Å². The molecule has 0 radical (unpaired) electrons. The molecule has 0 spiro atoms. The van der Waals surface area contributed by atoms with Crippen LogP contribution in [0.5, 0.6) is 5.75 Å². The number of benzene rings is 1. The van der Waals surface area contributed by atoms with Crippen molar-refractivity contribution in [3.63, 3.8) is 0 Å². The Labute approximate surface area is 187 Å². The molecule has 1 aromatic carbocycles. The standard InChI is InChI=1S/C25H26N6O/c1-18-5-4-6-22(27-18)25-24(28-30-29-25)20-11-12-26-23(17-20)19-7-9-21(10-8-19)32-16-15-31-13-2-3-14-31/h4-12,17H,2-3,13-16H2,1H3,(H,28,29,30). The number of hydrogen-bond acceptors (Lipinski definition) is 6. The van der Waals surface area contributed by atoms with Crippen molar-refractivity contribution in [2.45, 2.75) is 19.8 Å². The lowest BCUT2D eigenvalue weighted by Crippen LogP contribution is -2.25. The topological polar surface area (TPSA) is 79.8 Å². The second-order valence-corrected chi connectivity index (χ2v) is 8.05. The van der Waals surface area contributed by atoms with Gasteiger partial charge < -0.3 is 4.74 Å². The molecule has 1 saturated heterocycles. The molecule has 32 heavy (non-hydrogen) atoms. The number of aryl methyl sites for hydroxylation is 1. The van der Waals surface area contributed by atoms with Gasteiger partial charge in [0.05, 0.1) is 17.1 Å². The molecule has 4 heterocycles. The molecular formula is C25H26N6O. The number of likely N-dealkylation sites (tertiary alicyclic amines) is 1. The summed E-state index contributed by atoms with van der Waals surface area (Å²) in [6.45, 7) is 6.06. The largest absolute Gasteiger partial charge is 0.492 e. The first kappa shape index (κ1) is 20.3. The maximum atomic E-state index is 5.93. The minimum Gasteiger partial charge on any atom is -0.492 e. The first-order valence-corrected chi connectivity index (χ1v) is 11.0. The molecule has 0 atom stereocenters. The Balaban J connectivity index is 1.32. The highest BCUT2D eigenvalue weighted by Crippen LogP contribution is 2.30. The van der Waals surface area contributed by atoms with Crippen LogP contribution in [0.2, 0.25) is 0 Å². The molecule has 1 N–H and O–H groups in total. The zero-order chi connectivity index (χ0) is 21.8. The fourth-order valence-corrected chi connectivity index (χ4v) is 4.05. The van der Waals surface area contributed by atoms with Crippen LogP contribution in [0.25, 0.3) is 33.9 Å². The first-order valence-electron chi connectivity index (χ1n) is 11.0. The van der Waals surface area contributed by atoms with Gasteiger partial charge in [0.15, 0.2) is 0 Å². The molecule has 7 nitrogen and oxygen atoms in total. The number of ether oxygens (including phenoxy) is 1. The van der Waals surface area contributed by atoms with Gasteiger partial charge >= 0.3 is 0 Å². The van der Waals surface area contributed by atoms with Crippen LogP contribution >= 0.6 is 0 Å². The smallest absolute Gasteiger partial charge is 0.139 e. The van der Waals surface area contributed by atoms with E-state index in [0.29, 0.717) is 0 Å². The van der Waals surface area contributed by atoms with Crippen molar-refractivity contribution in [2.75, 3.05) is 26.2 Å². The Morgan fingerprint density at radius 1 is 0.969 bits per heavy atom. The van der Waals surface area contributed by atoms with Crippen molar-refractivity contribution < 1.29 is 4.74 Å². The van der Waals surface area contributed by atoms with Gasteiger partial charge in [0.2, 0.25) is 0 Å². The summed E-state index contributed by atoms with van der Waals surface area (Å²) in [5.74, 6) is 0.884. The number of nitrogens with one attached hydrogen (secondary N) is 1. The van der Waals surface area contributed by atoms with Crippen molar-refractivity contribution in [2.24, 2.45) is 0 Å². The number of aromatic nitrogens is 5. The average molecular weight is 427 g/mol. The molecule has 0 unspecified atom stereocenters. The predicted octanol–water partition coefficient (Wildman–Crippen LogP) is 4.38. The number of nitrogens with zero attached hydrogens (tertiary/aromatic N) is 5. The van der Waals surface area contributed by atoms with Gasteiger partial charge in [-0.15, -0.1) is 5.10 Å². The summed E-state index contributed by atoms with van der Waals surface area (Å²) < 4.78 is 5.93. The minimum atomic E-state index is 0.718. The Bertz CT molecular complexity index is 1180. The van der Waals surface area contributed by atoms with Crippen LogP contribution in [0.3, 0.4) is 0 Å². The molecule has 1 fully saturated rings. The second kappa shape index (κ2) is 9.28. The molecule has 1 aliphatic rings. The molecular weight excluding hydrogens is 400 g/mol. The van der Waals surface area contributed by atoms with Crippen LogP contribution in [-0.2, 0) is 0 Å². The molecule has 0 amide bonds. The number of hydrogen-bond donors (Lipinski definition) is 1. The fraction of sp³-hybridized carbons (Fsp3) is 0.280. The van der Waals surface area contributed by atoms with Gasteiger partial charge in [-0.25, -0.2) is 0 Å². The van der Waals surface area contributed by atoms with Gasteiger partial charge in [-0.1, -0.05) is 11.3 Å². The highest BCUT2D eigenvalue weighted by atomic mass is 16.5. The highest BCUT2D eigenvalue weighted by molar-refractivity contribution is 5.78. The van der Waals surface area contributed by atoms with Gasteiger partial charge in [0.1, 0.15) is 18.1 Å². The molecule has 3 aromatic heterocycles. The van der Waals surface area contributed by atoms with Crippen molar-refractivity contribution in [3.05, 3.63) is 66.5 Å². The summed E-state index contributed by atoms with van der Waals surface area (Å²) in [6, 6.07) is 18.0. The quantitative estimate of drug-likeness (QED) is 0.472. The van der Waals surface area contributed by atoms with Gasteiger partial charge in [0.25, 0.3) is 0 Å². The summed E-state index contributed by atoms with van der Waals surface area (Å²) >= 11 is 0.